The molecule has 0 bridgehead atoms. The number of halogens is 4. The number of ether oxygens (including phenoxy) is 1. The van der Waals surface area contributed by atoms with Crippen molar-refractivity contribution < 1.29 is 32.3 Å². The van der Waals surface area contributed by atoms with Gasteiger partial charge in [0.2, 0.25) is 6.10 Å². The van der Waals surface area contributed by atoms with Crippen LogP contribution in [0.25, 0.3) is 0 Å². The molecule has 0 aliphatic rings. The molecule has 0 unspecified atom stereocenters. The molecule has 192 valence electrons. The molecule has 0 fully saturated rings. The van der Waals surface area contributed by atoms with Crippen LogP contribution in [0.4, 0.5) is 18.9 Å². The van der Waals surface area contributed by atoms with Gasteiger partial charge in [-0.15, -0.1) is 0 Å². The molecule has 0 radical (unpaired) electrons. The maximum atomic E-state index is 13.3. The highest BCUT2D eigenvalue weighted by atomic mass is 35.5. The summed E-state index contributed by atoms with van der Waals surface area (Å²) in [5.41, 5.74) is -0.719. The topological polar surface area (TPSA) is 72.5 Å². The van der Waals surface area contributed by atoms with Gasteiger partial charge in [-0.2, -0.15) is 13.2 Å². The molecule has 0 aliphatic carbocycles. The Morgan fingerprint density at radius 2 is 1.34 bits per heavy atom. The van der Waals surface area contributed by atoms with Crippen LogP contribution < -0.4 is 5.32 Å². The number of carbonyl (C=O) groups is 3. The third-order valence-electron chi connectivity index (χ3n) is 5.54. The van der Waals surface area contributed by atoms with E-state index in [0.29, 0.717) is 11.6 Å². The minimum atomic E-state index is -4.66. The van der Waals surface area contributed by atoms with E-state index in [0.717, 1.165) is 12.1 Å². The van der Waals surface area contributed by atoms with Gasteiger partial charge < -0.3 is 10.1 Å². The van der Waals surface area contributed by atoms with Crippen molar-refractivity contribution in [3.8, 4) is 0 Å². The maximum absolute atomic E-state index is 13.3. The number of ketones is 1. The fourth-order valence-electron chi connectivity index (χ4n) is 3.67. The molecule has 0 saturated carbocycles. The minimum Gasteiger partial charge on any atom is -0.444 e. The molecule has 0 aliphatic heterocycles. The van der Waals surface area contributed by atoms with Crippen LogP contribution in [0.5, 0.6) is 0 Å². The van der Waals surface area contributed by atoms with Crippen LogP contribution in [-0.4, -0.2) is 17.7 Å². The van der Waals surface area contributed by atoms with Crippen LogP contribution in [0.3, 0.4) is 0 Å². The Labute approximate surface area is 220 Å². The third kappa shape index (κ3) is 6.10. The Hall–Kier alpha value is -4.43. The Morgan fingerprint density at radius 3 is 1.97 bits per heavy atom. The molecule has 4 aromatic carbocycles. The van der Waals surface area contributed by atoms with Gasteiger partial charge in [0.25, 0.3) is 5.91 Å². The van der Waals surface area contributed by atoms with Crippen LogP contribution in [0.2, 0.25) is 5.02 Å². The molecule has 1 atom stereocenters. The third-order valence-corrected chi connectivity index (χ3v) is 5.87. The number of nitrogens with one attached hydrogen (secondary N) is 1. The molecule has 0 spiro atoms. The first-order chi connectivity index (χ1) is 18.1. The van der Waals surface area contributed by atoms with Crippen molar-refractivity contribution in [3.63, 3.8) is 0 Å². The lowest BCUT2D eigenvalue weighted by Gasteiger charge is -2.20. The summed E-state index contributed by atoms with van der Waals surface area (Å²) in [7, 11) is 0. The number of esters is 1. The number of anilines is 1. The normalized spacial score (nSPS) is 11.9. The highest BCUT2D eigenvalue weighted by Gasteiger charge is 2.32. The summed E-state index contributed by atoms with van der Waals surface area (Å²) < 4.78 is 45.1. The molecular formula is C29H19ClF3NO4. The predicted octanol–water partition coefficient (Wildman–Crippen LogP) is 7.13. The SMILES string of the molecule is O=C(O[C@H](C(=O)Nc1cc(C(F)(F)F)ccc1Cl)c1ccccc1)c1ccccc1C(=O)c1ccccc1. The number of rotatable bonds is 7. The van der Waals surface area contributed by atoms with Crippen LogP contribution >= 0.6 is 11.6 Å². The summed E-state index contributed by atoms with van der Waals surface area (Å²) in [6.07, 6.45) is -6.22. The fraction of sp³-hybridized carbons (Fsp3) is 0.0690. The van der Waals surface area contributed by atoms with E-state index in [1.165, 1.54) is 24.3 Å². The molecule has 0 aromatic heterocycles. The van der Waals surface area contributed by atoms with Gasteiger partial charge in [0, 0.05) is 16.7 Å². The van der Waals surface area contributed by atoms with Crippen molar-refractivity contribution in [2.75, 3.05) is 5.32 Å². The van der Waals surface area contributed by atoms with Crippen molar-refractivity contribution in [1.82, 2.24) is 0 Å². The standard InChI is InChI=1S/C29H19ClF3NO4/c30-23-16-15-20(29(31,32)33)17-24(23)34-27(36)26(19-11-5-2-6-12-19)38-28(37)22-14-8-7-13-21(22)25(35)18-9-3-1-4-10-18/h1-17,26H,(H,34,36)/t26-/m0/s1. The second-order valence-corrected chi connectivity index (χ2v) is 8.53. The molecule has 0 heterocycles. The molecule has 0 saturated heterocycles. The van der Waals surface area contributed by atoms with Gasteiger partial charge in [-0.1, -0.05) is 90.5 Å². The highest BCUT2D eigenvalue weighted by Crippen LogP contribution is 2.34. The summed E-state index contributed by atoms with van der Waals surface area (Å²) in [6.45, 7) is 0. The van der Waals surface area contributed by atoms with Crippen LogP contribution in [0.15, 0.2) is 103 Å². The first-order valence-electron chi connectivity index (χ1n) is 11.3. The lowest BCUT2D eigenvalue weighted by Crippen LogP contribution is -2.27. The van der Waals surface area contributed by atoms with E-state index in [4.69, 9.17) is 16.3 Å². The average molecular weight is 538 g/mol. The largest absolute Gasteiger partial charge is 0.444 e. The zero-order valence-corrected chi connectivity index (χ0v) is 20.3. The first-order valence-corrected chi connectivity index (χ1v) is 11.7. The van der Waals surface area contributed by atoms with E-state index in [2.05, 4.69) is 5.32 Å². The summed E-state index contributed by atoms with van der Waals surface area (Å²) in [5, 5.41) is 2.19. The van der Waals surface area contributed by atoms with Gasteiger partial charge in [-0.25, -0.2) is 4.79 Å². The Kier molecular flexibility index (Phi) is 7.93. The number of hydrogen-bond acceptors (Lipinski definition) is 4. The Morgan fingerprint density at radius 1 is 0.763 bits per heavy atom. The van der Waals surface area contributed by atoms with Crippen molar-refractivity contribution in [2.24, 2.45) is 0 Å². The lowest BCUT2D eigenvalue weighted by atomic mass is 9.98. The van der Waals surface area contributed by atoms with Gasteiger partial charge in [0.1, 0.15) is 0 Å². The highest BCUT2D eigenvalue weighted by molar-refractivity contribution is 6.33. The maximum Gasteiger partial charge on any atom is 0.416 e. The average Bonchev–Trinajstić information content (AvgIpc) is 2.92. The lowest BCUT2D eigenvalue weighted by molar-refractivity contribution is -0.137. The van der Waals surface area contributed by atoms with E-state index in [-0.39, 0.29) is 27.4 Å². The minimum absolute atomic E-state index is 0.0665. The Bertz CT molecular complexity index is 1470. The molecule has 4 aromatic rings. The summed E-state index contributed by atoms with van der Waals surface area (Å²) in [5.74, 6) is -2.32. The van der Waals surface area contributed by atoms with Gasteiger partial charge in [0.15, 0.2) is 5.78 Å². The quantitative estimate of drug-likeness (QED) is 0.201. The molecular weight excluding hydrogens is 519 g/mol. The number of alkyl halides is 3. The number of carbonyl (C=O) groups excluding carboxylic acids is 3. The van der Waals surface area contributed by atoms with Gasteiger partial charge in [0.05, 0.1) is 21.8 Å². The van der Waals surface area contributed by atoms with Crippen molar-refractivity contribution in [1.29, 1.82) is 0 Å². The second-order valence-electron chi connectivity index (χ2n) is 8.12. The second kappa shape index (κ2) is 11.3. The summed E-state index contributed by atoms with van der Waals surface area (Å²) >= 11 is 6.03. The van der Waals surface area contributed by atoms with E-state index < -0.39 is 35.5 Å². The number of amides is 1. The molecule has 1 N–H and O–H groups in total. The zero-order valence-electron chi connectivity index (χ0n) is 19.5. The molecule has 38 heavy (non-hydrogen) atoms. The fourth-order valence-corrected chi connectivity index (χ4v) is 3.84. The molecule has 9 heteroatoms. The van der Waals surface area contributed by atoms with Gasteiger partial charge in [-0.3, -0.25) is 9.59 Å². The monoisotopic (exact) mass is 537 g/mol. The number of benzene rings is 4. The summed E-state index contributed by atoms with van der Waals surface area (Å²) in [4.78, 5) is 39.6. The van der Waals surface area contributed by atoms with Crippen LogP contribution in [0, 0.1) is 0 Å². The molecule has 4 rings (SSSR count). The molecule has 1 amide bonds. The van der Waals surface area contributed by atoms with E-state index in [9.17, 15) is 27.6 Å². The van der Waals surface area contributed by atoms with E-state index >= 15 is 0 Å². The van der Waals surface area contributed by atoms with Gasteiger partial charge in [-0.05, 0) is 24.3 Å². The first kappa shape index (κ1) is 26.6. The van der Waals surface area contributed by atoms with Crippen molar-refractivity contribution >= 4 is 34.9 Å². The smallest absolute Gasteiger partial charge is 0.416 e. The predicted molar refractivity (Wildman–Crippen MR) is 136 cm³/mol. The van der Waals surface area contributed by atoms with Crippen LogP contribution in [-0.2, 0) is 15.7 Å². The zero-order chi connectivity index (χ0) is 27.3. The summed E-state index contributed by atoms with van der Waals surface area (Å²) in [6, 6.07) is 24.7. The van der Waals surface area contributed by atoms with Crippen molar-refractivity contribution in [3.05, 3.63) is 136 Å². The molecule has 5 nitrogen and oxygen atoms in total. The van der Waals surface area contributed by atoms with E-state index in [1.54, 1.807) is 60.7 Å². The number of hydrogen-bond donors (Lipinski definition) is 1. The van der Waals surface area contributed by atoms with Crippen molar-refractivity contribution in [2.45, 2.75) is 12.3 Å². The Balaban J connectivity index is 1.65. The van der Waals surface area contributed by atoms with E-state index in [1.807, 2.05) is 0 Å². The van der Waals surface area contributed by atoms with Crippen LogP contribution in [0.1, 0.15) is 43.5 Å². The van der Waals surface area contributed by atoms with Gasteiger partial charge >= 0.3 is 12.1 Å².